The van der Waals surface area contributed by atoms with Crippen LogP contribution in [0.5, 0.6) is 0 Å². The topological polar surface area (TPSA) is 42.2 Å². The highest BCUT2D eigenvalue weighted by atomic mass is 19.4. The van der Waals surface area contributed by atoms with Gasteiger partial charge in [-0.25, -0.2) is 4.98 Å². The zero-order valence-electron chi connectivity index (χ0n) is 10.2. The van der Waals surface area contributed by atoms with Crippen molar-refractivity contribution < 1.29 is 13.2 Å². The van der Waals surface area contributed by atoms with E-state index in [9.17, 15) is 13.2 Å². The number of rotatable bonds is 1. The van der Waals surface area contributed by atoms with Gasteiger partial charge in [0.15, 0.2) is 0 Å². The average molecular weight is 259 g/mol. The molecule has 1 aromatic heterocycles. The first-order chi connectivity index (χ1) is 8.38. The molecule has 2 N–H and O–H groups in total. The van der Waals surface area contributed by atoms with Gasteiger partial charge in [-0.1, -0.05) is 6.92 Å². The fourth-order valence-corrected chi connectivity index (χ4v) is 2.32. The Labute approximate surface area is 104 Å². The molecule has 1 atom stereocenters. The lowest BCUT2D eigenvalue weighted by atomic mass is 10.00. The van der Waals surface area contributed by atoms with E-state index in [0.717, 1.165) is 18.9 Å². The van der Waals surface area contributed by atoms with Crippen LogP contribution >= 0.6 is 0 Å². The third-order valence-corrected chi connectivity index (χ3v) is 3.15. The Morgan fingerprint density at radius 3 is 2.78 bits per heavy atom. The molecule has 2 heterocycles. The van der Waals surface area contributed by atoms with Crippen LogP contribution in [0.1, 0.15) is 25.3 Å². The van der Waals surface area contributed by atoms with Crippen LogP contribution in [0.15, 0.2) is 12.3 Å². The summed E-state index contributed by atoms with van der Waals surface area (Å²) >= 11 is 0. The van der Waals surface area contributed by atoms with Gasteiger partial charge in [-0.05, 0) is 24.8 Å². The molecule has 2 rings (SSSR count). The molecule has 1 aliphatic heterocycles. The van der Waals surface area contributed by atoms with Gasteiger partial charge in [0.1, 0.15) is 11.4 Å². The van der Waals surface area contributed by atoms with Gasteiger partial charge in [0.25, 0.3) is 0 Å². The Morgan fingerprint density at radius 1 is 1.44 bits per heavy atom. The molecule has 0 bridgehead atoms. The number of alkyl halides is 3. The molecule has 100 valence electrons. The third-order valence-electron chi connectivity index (χ3n) is 3.15. The van der Waals surface area contributed by atoms with Gasteiger partial charge >= 0.3 is 6.18 Å². The molecule has 0 radical (unpaired) electrons. The number of nitrogens with two attached hydrogens (primary N) is 1. The predicted molar refractivity (Wildman–Crippen MR) is 64.3 cm³/mol. The van der Waals surface area contributed by atoms with Gasteiger partial charge in [0, 0.05) is 13.1 Å². The molecule has 0 spiro atoms. The van der Waals surface area contributed by atoms with Gasteiger partial charge in [-0.15, -0.1) is 0 Å². The number of hydrogen-bond donors (Lipinski definition) is 1. The second-order valence-corrected chi connectivity index (χ2v) is 4.83. The molecule has 18 heavy (non-hydrogen) atoms. The molecule has 0 amide bonds. The summed E-state index contributed by atoms with van der Waals surface area (Å²) in [5.41, 5.74) is 4.70. The number of nitrogen functional groups attached to an aromatic ring is 1. The van der Waals surface area contributed by atoms with Crippen LogP contribution in [0.2, 0.25) is 0 Å². The van der Waals surface area contributed by atoms with Crippen molar-refractivity contribution in [1.82, 2.24) is 4.98 Å². The number of halogens is 3. The highest BCUT2D eigenvalue weighted by Crippen LogP contribution is 2.37. The number of piperidine rings is 1. The predicted octanol–water partition coefficient (Wildman–Crippen LogP) is 2.92. The van der Waals surface area contributed by atoms with E-state index in [0.29, 0.717) is 19.0 Å². The number of hydrogen-bond acceptors (Lipinski definition) is 3. The molecule has 1 saturated heterocycles. The van der Waals surface area contributed by atoms with Gasteiger partial charge in [-0.3, -0.25) is 0 Å². The molecule has 3 nitrogen and oxygen atoms in total. The molecule has 0 saturated carbocycles. The van der Waals surface area contributed by atoms with E-state index in [1.54, 1.807) is 4.90 Å². The van der Waals surface area contributed by atoms with E-state index in [2.05, 4.69) is 4.98 Å². The van der Waals surface area contributed by atoms with Gasteiger partial charge < -0.3 is 10.6 Å². The van der Waals surface area contributed by atoms with Crippen molar-refractivity contribution in [3.05, 3.63) is 17.8 Å². The van der Waals surface area contributed by atoms with Crippen molar-refractivity contribution in [2.75, 3.05) is 23.7 Å². The summed E-state index contributed by atoms with van der Waals surface area (Å²) in [6.45, 7) is 3.26. The first-order valence-electron chi connectivity index (χ1n) is 5.95. The Morgan fingerprint density at radius 2 is 2.17 bits per heavy atom. The molecule has 1 unspecified atom stereocenters. The molecular formula is C12H16F3N3. The van der Waals surface area contributed by atoms with Gasteiger partial charge in [0.05, 0.1) is 11.9 Å². The SMILES string of the molecule is CC1CCCN(c2ncc(N)cc2C(F)(F)F)C1. The standard InChI is InChI=1S/C12H16F3N3/c1-8-3-2-4-18(7-8)11-10(12(13,14)15)5-9(16)6-17-11/h5-6,8H,2-4,7,16H2,1H3. The second kappa shape index (κ2) is 4.66. The Bertz CT molecular complexity index is 431. The highest BCUT2D eigenvalue weighted by molar-refractivity contribution is 5.54. The minimum absolute atomic E-state index is 0.00301. The van der Waals surface area contributed by atoms with E-state index in [4.69, 9.17) is 5.73 Å². The maximum absolute atomic E-state index is 13.0. The van der Waals surface area contributed by atoms with Crippen LogP contribution in [0, 0.1) is 5.92 Å². The molecule has 6 heteroatoms. The van der Waals surface area contributed by atoms with E-state index in [1.807, 2.05) is 6.92 Å². The lowest BCUT2D eigenvalue weighted by molar-refractivity contribution is -0.137. The summed E-state index contributed by atoms with van der Waals surface area (Å²) in [6, 6.07) is 0.960. The van der Waals surface area contributed by atoms with E-state index in [1.165, 1.54) is 6.20 Å². The summed E-state index contributed by atoms with van der Waals surface area (Å²) in [6.07, 6.45) is -1.19. The summed E-state index contributed by atoms with van der Waals surface area (Å²) < 4.78 is 38.9. The summed E-state index contributed by atoms with van der Waals surface area (Å²) in [4.78, 5) is 5.59. The first kappa shape index (κ1) is 13.0. The monoisotopic (exact) mass is 259 g/mol. The van der Waals surface area contributed by atoms with Crippen molar-refractivity contribution in [3.8, 4) is 0 Å². The fourth-order valence-electron chi connectivity index (χ4n) is 2.32. The molecule has 1 fully saturated rings. The maximum atomic E-state index is 13.0. The van der Waals surface area contributed by atoms with Gasteiger partial charge in [-0.2, -0.15) is 13.2 Å². The minimum Gasteiger partial charge on any atom is -0.397 e. The number of pyridine rings is 1. The molecule has 1 aliphatic rings. The zero-order chi connectivity index (χ0) is 13.3. The summed E-state index contributed by atoms with van der Waals surface area (Å²) in [7, 11) is 0. The average Bonchev–Trinajstić information content (AvgIpc) is 2.27. The molecular weight excluding hydrogens is 243 g/mol. The molecule has 1 aromatic rings. The van der Waals surface area contributed by atoms with Crippen LogP contribution in [0.25, 0.3) is 0 Å². The lowest BCUT2D eigenvalue weighted by Crippen LogP contribution is -2.36. The molecule has 0 aromatic carbocycles. The van der Waals surface area contributed by atoms with Crippen LogP contribution < -0.4 is 10.6 Å². The van der Waals surface area contributed by atoms with E-state index in [-0.39, 0.29) is 11.5 Å². The van der Waals surface area contributed by atoms with E-state index >= 15 is 0 Å². The van der Waals surface area contributed by atoms with E-state index < -0.39 is 11.7 Å². The quantitative estimate of drug-likeness (QED) is 0.843. The largest absolute Gasteiger partial charge is 0.420 e. The normalized spacial score (nSPS) is 21.1. The second-order valence-electron chi connectivity index (χ2n) is 4.83. The fraction of sp³-hybridized carbons (Fsp3) is 0.583. The van der Waals surface area contributed by atoms with Crippen molar-refractivity contribution in [2.24, 2.45) is 5.92 Å². The first-order valence-corrected chi connectivity index (χ1v) is 5.95. The van der Waals surface area contributed by atoms with Gasteiger partial charge in [0.2, 0.25) is 0 Å². The van der Waals surface area contributed by atoms with Crippen LogP contribution in [-0.4, -0.2) is 18.1 Å². The van der Waals surface area contributed by atoms with Crippen molar-refractivity contribution in [3.63, 3.8) is 0 Å². The Balaban J connectivity index is 2.37. The lowest BCUT2D eigenvalue weighted by Gasteiger charge is -2.33. The smallest absolute Gasteiger partial charge is 0.397 e. The highest BCUT2D eigenvalue weighted by Gasteiger charge is 2.36. The van der Waals surface area contributed by atoms with Crippen molar-refractivity contribution >= 4 is 11.5 Å². The third kappa shape index (κ3) is 2.68. The minimum atomic E-state index is -4.42. The number of nitrogens with zero attached hydrogens (tertiary/aromatic N) is 2. The van der Waals surface area contributed by atoms with Crippen molar-refractivity contribution in [2.45, 2.75) is 25.9 Å². The van der Waals surface area contributed by atoms with Crippen LogP contribution in [0.4, 0.5) is 24.7 Å². The number of aromatic nitrogens is 1. The molecule has 0 aliphatic carbocycles. The maximum Gasteiger partial charge on any atom is 0.420 e. The van der Waals surface area contributed by atoms with Crippen LogP contribution in [-0.2, 0) is 6.18 Å². The zero-order valence-corrected chi connectivity index (χ0v) is 10.2. The Kier molecular flexibility index (Phi) is 3.36. The summed E-state index contributed by atoms with van der Waals surface area (Å²) in [5, 5.41) is 0. The van der Waals surface area contributed by atoms with Crippen LogP contribution in [0.3, 0.4) is 0 Å². The number of anilines is 2. The summed E-state index contributed by atoms with van der Waals surface area (Å²) in [5.74, 6) is 0.391. The Hall–Kier alpha value is -1.46. The van der Waals surface area contributed by atoms with Crippen molar-refractivity contribution in [1.29, 1.82) is 0 Å².